The van der Waals surface area contributed by atoms with Crippen molar-refractivity contribution in [1.82, 2.24) is 10.2 Å². The third-order valence-corrected chi connectivity index (χ3v) is 5.66. The van der Waals surface area contributed by atoms with Gasteiger partial charge in [-0.05, 0) is 44.9 Å². The molecule has 2 aliphatic rings. The molecule has 19 heavy (non-hydrogen) atoms. The van der Waals surface area contributed by atoms with Crippen LogP contribution in [0.3, 0.4) is 0 Å². The summed E-state index contributed by atoms with van der Waals surface area (Å²) in [7, 11) is 2.27. The molecule has 104 valence electrons. The van der Waals surface area contributed by atoms with Crippen molar-refractivity contribution in [1.29, 1.82) is 0 Å². The second-order valence-electron chi connectivity index (χ2n) is 5.96. The van der Waals surface area contributed by atoms with Crippen LogP contribution in [0.25, 0.3) is 0 Å². The Morgan fingerprint density at radius 2 is 2.16 bits per heavy atom. The highest BCUT2D eigenvalue weighted by atomic mass is 32.2. The molecule has 1 aliphatic carbocycles. The van der Waals surface area contributed by atoms with E-state index >= 15 is 0 Å². The molecule has 2 nitrogen and oxygen atoms in total. The summed E-state index contributed by atoms with van der Waals surface area (Å²) in [4.78, 5) is 4.02. The van der Waals surface area contributed by atoms with Crippen LogP contribution in [0.15, 0.2) is 29.2 Å². The quantitative estimate of drug-likeness (QED) is 0.860. The van der Waals surface area contributed by atoms with Gasteiger partial charge in [0.15, 0.2) is 0 Å². The first-order chi connectivity index (χ1) is 9.24. The van der Waals surface area contributed by atoms with E-state index in [1.54, 1.807) is 0 Å². The number of hydrogen-bond acceptors (Lipinski definition) is 3. The molecule has 0 amide bonds. The molecule has 0 radical (unpaired) electrons. The van der Waals surface area contributed by atoms with Crippen LogP contribution in [-0.2, 0) is 6.42 Å². The van der Waals surface area contributed by atoms with Gasteiger partial charge in [0.25, 0.3) is 0 Å². The van der Waals surface area contributed by atoms with Crippen LogP contribution >= 0.6 is 11.8 Å². The van der Waals surface area contributed by atoms with Crippen LogP contribution in [-0.4, -0.2) is 42.4 Å². The van der Waals surface area contributed by atoms with Crippen LogP contribution in [0, 0.1) is 0 Å². The highest BCUT2D eigenvalue weighted by molar-refractivity contribution is 8.00. The number of likely N-dealkylation sites (N-methyl/N-ethyl adjacent to an activating group) is 1. The average molecular weight is 276 g/mol. The molecule has 1 aromatic carbocycles. The van der Waals surface area contributed by atoms with Gasteiger partial charge in [-0.3, -0.25) is 4.90 Å². The van der Waals surface area contributed by atoms with Crippen molar-refractivity contribution in [2.24, 2.45) is 0 Å². The number of rotatable bonds is 6. The van der Waals surface area contributed by atoms with E-state index < -0.39 is 0 Å². The minimum Gasteiger partial charge on any atom is -0.314 e. The van der Waals surface area contributed by atoms with E-state index in [1.807, 2.05) is 11.8 Å². The zero-order valence-corrected chi connectivity index (χ0v) is 12.7. The van der Waals surface area contributed by atoms with E-state index in [0.717, 1.165) is 24.4 Å². The van der Waals surface area contributed by atoms with E-state index in [9.17, 15) is 0 Å². The van der Waals surface area contributed by atoms with Gasteiger partial charge in [-0.1, -0.05) is 18.2 Å². The van der Waals surface area contributed by atoms with E-state index in [4.69, 9.17) is 0 Å². The van der Waals surface area contributed by atoms with Gasteiger partial charge >= 0.3 is 0 Å². The van der Waals surface area contributed by atoms with Crippen molar-refractivity contribution in [3.63, 3.8) is 0 Å². The summed E-state index contributed by atoms with van der Waals surface area (Å²) < 4.78 is 0. The van der Waals surface area contributed by atoms with Crippen molar-refractivity contribution in [3.05, 3.63) is 29.8 Å². The van der Waals surface area contributed by atoms with E-state index in [1.165, 1.54) is 29.7 Å². The Morgan fingerprint density at radius 3 is 2.89 bits per heavy atom. The lowest BCUT2D eigenvalue weighted by molar-refractivity contribution is 0.241. The Bertz CT molecular complexity index is 406. The SMILES string of the molecule is CC(CNCC1Cc2ccccc2S1)N(C)C1CC1. The topological polar surface area (TPSA) is 15.3 Å². The van der Waals surface area contributed by atoms with Crippen molar-refractivity contribution in [3.8, 4) is 0 Å². The fraction of sp³-hybridized carbons (Fsp3) is 0.625. The van der Waals surface area contributed by atoms with Gasteiger partial charge in [0.05, 0.1) is 0 Å². The predicted octanol–water partition coefficient (Wildman–Crippen LogP) is 2.78. The fourth-order valence-electron chi connectivity index (χ4n) is 2.81. The molecule has 1 fully saturated rings. The molecule has 1 aromatic rings. The number of nitrogens with one attached hydrogen (secondary N) is 1. The second kappa shape index (κ2) is 5.86. The highest BCUT2D eigenvalue weighted by Gasteiger charge is 2.29. The largest absolute Gasteiger partial charge is 0.314 e. The molecule has 0 spiro atoms. The molecule has 2 atom stereocenters. The smallest absolute Gasteiger partial charge is 0.0260 e. The highest BCUT2D eigenvalue weighted by Crippen LogP contribution is 2.36. The van der Waals surface area contributed by atoms with Gasteiger partial charge in [-0.15, -0.1) is 11.8 Å². The summed E-state index contributed by atoms with van der Waals surface area (Å²) in [6.07, 6.45) is 4.02. The average Bonchev–Trinajstić information content (AvgIpc) is 3.17. The molecular formula is C16H24N2S. The summed E-state index contributed by atoms with van der Waals surface area (Å²) in [5.41, 5.74) is 1.53. The first kappa shape index (κ1) is 13.5. The standard InChI is InChI=1S/C16H24N2S/c1-12(18(2)14-7-8-14)10-17-11-15-9-13-5-3-4-6-16(13)19-15/h3-6,12,14-15,17H,7-11H2,1-2H3. The third kappa shape index (κ3) is 3.33. The van der Waals surface area contributed by atoms with Crippen LogP contribution in [0.5, 0.6) is 0 Å². The number of fused-ring (bicyclic) bond motifs is 1. The Balaban J connectivity index is 1.39. The fourth-order valence-corrected chi connectivity index (χ4v) is 4.09. The summed E-state index contributed by atoms with van der Waals surface area (Å²) >= 11 is 2.04. The van der Waals surface area contributed by atoms with E-state index in [2.05, 4.69) is 48.5 Å². The molecule has 3 rings (SSSR count). The lowest BCUT2D eigenvalue weighted by atomic mass is 10.1. The molecule has 1 aliphatic heterocycles. The molecule has 0 bridgehead atoms. The van der Waals surface area contributed by atoms with Gasteiger partial charge in [0.2, 0.25) is 0 Å². The Kier molecular flexibility index (Phi) is 4.15. The van der Waals surface area contributed by atoms with Gasteiger partial charge in [-0.2, -0.15) is 0 Å². The number of nitrogens with zero attached hydrogens (tertiary/aromatic N) is 1. The Hall–Kier alpha value is -0.510. The van der Waals surface area contributed by atoms with Crippen molar-refractivity contribution in [2.45, 2.75) is 48.4 Å². The molecule has 1 N–H and O–H groups in total. The van der Waals surface area contributed by atoms with Crippen LogP contribution in [0.2, 0.25) is 0 Å². The molecule has 2 unspecified atom stereocenters. The maximum atomic E-state index is 3.66. The summed E-state index contributed by atoms with van der Waals surface area (Å²) in [6, 6.07) is 10.3. The maximum absolute atomic E-state index is 3.66. The lowest BCUT2D eigenvalue weighted by Crippen LogP contribution is -2.40. The Morgan fingerprint density at radius 1 is 1.37 bits per heavy atom. The minimum absolute atomic E-state index is 0.654. The van der Waals surface area contributed by atoms with E-state index in [-0.39, 0.29) is 0 Å². The molecular weight excluding hydrogens is 252 g/mol. The minimum atomic E-state index is 0.654. The van der Waals surface area contributed by atoms with Crippen molar-refractivity contribution >= 4 is 11.8 Å². The molecule has 1 saturated carbocycles. The van der Waals surface area contributed by atoms with Crippen LogP contribution in [0.4, 0.5) is 0 Å². The number of hydrogen-bond donors (Lipinski definition) is 1. The van der Waals surface area contributed by atoms with E-state index in [0.29, 0.717) is 6.04 Å². The van der Waals surface area contributed by atoms with Crippen LogP contribution < -0.4 is 5.32 Å². The van der Waals surface area contributed by atoms with Crippen LogP contribution in [0.1, 0.15) is 25.3 Å². The zero-order valence-electron chi connectivity index (χ0n) is 11.9. The molecule has 1 heterocycles. The number of thioether (sulfide) groups is 1. The van der Waals surface area contributed by atoms with Gasteiger partial charge < -0.3 is 5.32 Å². The first-order valence-electron chi connectivity index (χ1n) is 7.41. The molecule has 0 aromatic heterocycles. The second-order valence-corrected chi connectivity index (χ2v) is 7.30. The lowest BCUT2D eigenvalue weighted by Gasteiger charge is -2.25. The van der Waals surface area contributed by atoms with Crippen molar-refractivity contribution < 1.29 is 0 Å². The van der Waals surface area contributed by atoms with Gasteiger partial charge in [-0.25, -0.2) is 0 Å². The first-order valence-corrected chi connectivity index (χ1v) is 8.29. The monoisotopic (exact) mass is 276 g/mol. The van der Waals surface area contributed by atoms with Gasteiger partial charge in [0, 0.05) is 35.3 Å². The number of benzene rings is 1. The predicted molar refractivity (Wildman–Crippen MR) is 82.9 cm³/mol. The Labute approximate surface area is 121 Å². The van der Waals surface area contributed by atoms with Gasteiger partial charge in [0.1, 0.15) is 0 Å². The summed E-state index contributed by atoms with van der Waals surface area (Å²) in [6.45, 7) is 4.57. The third-order valence-electron chi connectivity index (χ3n) is 4.34. The summed E-state index contributed by atoms with van der Waals surface area (Å²) in [5.74, 6) is 0. The zero-order chi connectivity index (χ0) is 13.2. The normalized spacial score (nSPS) is 23.6. The maximum Gasteiger partial charge on any atom is 0.0260 e. The van der Waals surface area contributed by atoms with Crippen molar-refractivity contribution in [2.75, 3.05) is 20.1 Å². The molecule has 0 saturated heterocycles. The molecule has 3 heteroatoms. The summed E-state index contributed by atoms with van der Waals surface area (Å²) in [5, 5.41) is 4.38.